The summed E-state index contributed by atoms with van der Waals surface area (Å²) in [4.78, 5) is 22.8. The molecule has 21 heavy (non-hydrogen) atoms. The first-order valence-corrected chi connectivity index (χ1v) is 9.45. The highest BCUT2D eigenvalue weighted by Gasteiger charge is 2.40. The second-order valence-corrected chi connectivity index (χ2v) is 8.21. The number of thioether (sulfide) groups is 2. The standard InChI is InChI=1S/C16H18N2OS2/c19-14-13-11-8-4-5-9-12(11)21-15(13)18-16(17-14)20-10-6-2-1-3-7-10/h2,6,10,13H,1,3-5,7-9H2. The number of fused-ring (bicyclic) bond motifs is 2. The lowest BCUT2D eigenvalue weighted by atomic mass is 9.89. The minimum absolute atomic E-state index is 0.0155. The van der Waals surface area contributed by atoms with E-state index in [-0.39, 0.29) is 11.8 Å². The molecular weight excluding hydrogens is 300 g/mol. The van der Waals surface area contributed by atoms with Gasteiger partial charge in [-0.3, -0.25) is 4.79 Å². The van der Waals surface area contributed by atoms with Gasteiger partial charge < -0.3 is 0 Å². The summed E-state index contributed by atoms with van der Waals surface area (Å²) in [6.07, 6.45) is 12.6. The van der Waals surface area contributed by atoms with Crippen LogP contribution in [0.2, 0.25) is 0 Å². The highest BCUT2D eigenvalue weighted by atomic mass is 32.2. The third kappa shape index (κ3) is 2.66. The second-order valence-electron chi connectivity index (χ2n) is 5.89. The minimum atomic E-state index is -0.128. The molecule has 4 rings (SSSR count). The summed E-state index contributed by atoms with van der Waals surface area (Å²) in [5.41, 5.74) is 1.32. The zero-order chi connectivity index (χ0) is 14.2. The Labute approximate surface area is 133 Å². The van der Waals surface area contributed by atoms with Crippen LogP contribution in [0.4, 0.5) is 0 Å². The van der Waals surface area contributed by atoms with E-state index in [4.69, 9.17) is 4.99 Å². The Balaban J connectivity index is 1.54. The van der Waals surface area contributed by atoms with Gasteiger partial charge in [-0.25, -0.2) is 4.99 Å². The highest BCUT2D eigenvalue weighted by molar-refractivity contribution is 8.18. The first kappa shape index (κ1) is 13.8. The van der Waals surface area contributed by atoms with E-state index in [1.165, 1.54) is 36.2 Å². The fourth-order valence-corrected chi connectivity index (χ4v) is 5.78. The predicted octanol–water partition coefficient (Wildman–Crippen LogP) is 4.31. The third-order valence-corrected chi connectivity index (χ3v) is 6.74. The van der Waals surface area contributed by atoms with E-state index in [1.807, 2.05) is 0 Å². The van der Waals surface area contributed by atoms with Gasteiger partial charge in [-0.15, -0.1) is 0 Å². The molecule has 0 bridgehead atoms. The van der Waals surface area contributed by atoms with Crippen LogP contribution < -0.4 is 0 Å². The number of hydrogen-bond donors (Lipinski definition) is 0. The molecule has 2 aliphatic carbocycles. The van der Waals surface area contributed by atoms with Gasteiger partial charge in [0.05, 0.1) is 5.04 Å². The molecule has 0 aromatic rings. The van der Waals surface area contributed by atoms with Crippen LogP contribution in [-0.2, 0) is 4.79 Å². The van der Waals surface area contributed by atoms with Crippen molar-refractivity contribution < 1.29 is 4.79 Å². The first-order chi connectivity index (χ1) is 10.3. The maximum atomic E-state index is 12.4. The number of aliphatic imine (C=N–C) groups is 2. The number of rotatable bonds is 1. The lowest BCUT2D eigenvalue weighted by molar-refractivity contribution is -0.118. The summed E-state index contributed by atoms with van der Waals surface area (Å²) in [5, 5.41) is 2.10. The molecule has 110 valence electrons. The molecule has 1 amide bonds. The molecule has 2 aliphatic heterocycles. The van der Waals surface area contributed by atoms with Crippen LogP contribution in [-0.4, -0.2) is 21.4 Å². The van der Waals surface area contributed by atoms with Gasteiger partial charge in [0, 0.05) is 5.25 Å². The fourth-order valence-electron chi connectivity index (χ4n) is 3.34. The van der Waals surface area contributed by atoms with Crippen molar-refractivity contribution in [3.8, 4) is 0 Å². The molecule has 2 unspecified atom stereocenters. The summed E-state index contributed by atoms with van der Waals surface area (Å²) in [7, 11) is 0. The molecule has 0 spiro atoms. The molecule has 2 heterocycles. The van der Waals surface area contributed by atoms with E-state index in [0.717, 1.165) is 24.3 Å². The van der Waals surface area contributed by atoms with Crippen LogP contribution in [0.3, 0.4) is 0 Å². The van der Waals surface area contributed by atoms with Gasteiger partial charge in [-0.05, 0) is 55.4 Å². The molecule has 0 radical (unpaired) electrons. The topological polar surface area (TPSA) is 41.8 Å². The van der Waals surface area contributed by atoms with Gasteiger partial charge in [0.1, 0.15) is 5.92 Å². The van der Waals surface area contributed by atoms with Crippen molar-refractivity contribution in [1.29, 1.82) is 0 Å². The van der Waals surface area contributed by atoms with Crippen molar-refractivity contribution in [1.82, 2.24) is 0 Å². The fraction of sp³-hybridized carbons (Fsp3) is 0.562. The van der Waals surface area contributed by atoms with Crippen LogP contribution in [0.1, 0.15) is 44.9 Å². The zero-order valence-electron chi connectivity index (χ0n) is 11.9. The highest BCUT2D eigenvalue weighted by Crippen LogP contribution is 2.47. The number of carbonyl (C=O) groups is 1. The number of carbonyl (C=O) groups excluding carboxylic acids is 1. The van der Waals surface area contributed by atoms with Crippen molar-refractivity contribution in [3.05, 3.63) is 22.6 Å². The van der Waals surface area contributed by atoms with Crippen molar-refractivity contribution in [2.45, 2.75) is 50.2 Å². The van der Waals surface area contributed by atoms with Crippen LogP contribution >= 0.6 is 23.5 Å². The van der Waals surface area contributed by atoms with Gasteiger partial charge in [0.25, 0.3) is 5.91 Å². The minimum Gasteiger partial charge on any atom is -0.271 e. The number of hydrogen-bond acceptors (Lipinski definition) is 4. The number of nitrogens with zero attached hydrogens (tertiary/aromatic N) is 2. The summed E-state index contributed by atoms with van der Waals surface area (Å²) in [5.74, 6) is -0.113. The molecule has 0 saturated carbocycles. The van der Waals surface area contributed by atoms with E-state index in [0.29, 0.717) is 10.4 Å². The van der Waals surface area contributed by atoms with E-state index in [1.54, 1.807) is 23.5 Å². The van der Waals surface area contributed by atoms with Gasteiger partial charge >= 0.3 is 0 Å². The molecule has 2 atom stereocenters. The number of amidine groups is 1. The summed E-state index contributed by atoms with van der Waals surface area (Å²) in [6, 6.07) is 0. The maximum absolute atomic E-state index is 12.4. The molecule has 5 heteroatoms. The third-order valence-electron chi connectivity index (χ3n) is 4.41. The summed E-state index contributed by atoms with van der Waals surface area (Å²) < 4.78 is 0. The quantitative estimate of drug-likeness (QED) is 0.676. The molecular formula is C16H18N2OS2. The van der Waals surface area contributed by atoms with Crippen molar-refractivity contribution in [3.63, 3.8) is 0 Å². The van der Waals surface area contributed by atoms with Crippen LogP contribution in [0, 0.1) is 5.92 Å². The van der Waals surface area contributed by atoms with Crippen molar-refractivity contribution >= 4 is 39.6 Å². The Kier molecular flexibility index (Phi) is 3.79. The van der Waals surface area contributed by atoms with Gasteiger partial charge in [-0.2, -0.15) is 4.99 Å². The van der Waals surface area contributed by atoms with E-state index in [2.05, 4.69) is 17.1 Å². The Hall–Kier alpha value is -0.810. The Morgan fingerprint density at radius 3 is 2.95 bits per heavy atom. The van der Waals surface area contributed by atoms with Gasteiger partial charge in [0.15, 0.2) is 5.17 Å². The largest absolute Gasteiger partial charge is 0.271 e. The molecule has 4 aliphatic rings. The van der Waals surface area contributed by atoms with Gasteiger partial charge in [0.2, 0.25) is 0 Å². The molecule has 0 fully saturated rings. The SMILES string of the molecule is O=C1N=C(SC2C=CCCC2)N=C2SC3=C(CCCC3)C12. The lowest BCUT2D eigenvalue weighted by Gasteiger charge is -2.20. The average Bonchev–Trinajstić information content (AvgIpc) is 2.87. The second kappa shape index (κ2) is 5.76. The summed E-state index contributed by atoms with van der Waals surface area (Å²) in [6.45, 7) is 0. The Bertz CT molecular complexity index is 603. The molecule has 0 aromatic heterocycles. The van der Waals surface area contributed by atoms with Crippen LogP contribution in [0.15, 0.2) is 32.6 Å². The molecule has 0 N–H and O–H groups in total. The Morgan fingerprint density at radius 2 is 2.10 bits per heavy atom. The van der Waals surface area contributed by atoms with Crippen molar-refractivity contribution in [2.24, 2.45) is 15.9 Å². The monoisotopic (exact) mass is 318 g/mol. The number of allylic oxidation sites excluding steroid dienone is 2. The van der Waals surface area contributed by atoms with Crippen LogP contribution in [0.5, 0.6) is 0 Å². The number of amides is 1. The van der Waals surface area contributed by atoms with E-state index >= 15 is 0 Å². The first-order valence-electron chi connectivity index (χ1n) is 7.75. The van der Waals surface area contributed by atoms with Crippen molar-refractivity contribution in [2.75, 3.05) is 0 Å². The average molecular weight is 318 g/mol. The lowest BCUT2D eigenvalue weighted by Crippen LogP contribution is -2.25. The van der Waals surface area contributed by atoms with Crippen LogP contribution in [0.25, 0.3) is 0 Å². The van der Waals surface area contributed by atoms with E-state index in [9.17, 15) is 4.79 Å². The van der Waals surface area contributed by atoms with Gasteiger partial charge in [-0.1, -0.05) is 35.7 Å². The predicted molar refractivity (Wildman–Crippen MR) is 90.8 cm³/mol. The Morgan fingerprint density at radius 1 is 1.19 bits per heavy atom. The molecule has 0 saturated heterocycles. The summed E-state index contributed by atoms with van der Waals surface area (Å²) >= 11 is 3.40. The molecule has 0 aromatic carbocycles. The zero-order valence-corrected chi connectivity index (χ0v) is 13.5. The smallest absolute Gasteiger partial charge is 0.262 e. The molecule has 3 nitrogen and oxygen atoms in total. The van der Waals surface area contributed by atoms with E-state index < -0.39 is 0 Å². The normalized spacial score (nSPS) is 31.7. The maximum Gasteiger partial charge on any atom is 0.262 e.